The van der Waals surface area contributed by atoms with E-state index >= 15 is 0 Å². The molecule has 0 spiro atoms. The molecule has 0 bridgehead atoms. The lowest BCUT2D eigenvalue weighted by Gasteiger charge is -2.27. The Kier molecular flexibility index (Phi) is 3.52. The fourth-order valence-corrected chi connectivity index (χ4v) is 3.24. The van der Waals surface area contributed by atoms with Crippen LogP contribution in [0.15, 0.2) is 4.99 Å². The molecule has 1 heterocycles. The van der Waals surface area contributed by atoms with Gasteiger partial charge in [-0.05, 0) is 0 Å². The third-order valence-electron chi connectivity index (χ3n) is 2.02. The van der Waals surface area contributed by atoms with Gasteiger partial charge in [-0.25, -0.2) is 0 Å². The number of aliphatic hydroxyl groups is 1. The Balaban J connectivity index is 3.07. The molecule has 0 unspecified atom stereocenters. The van der Waals surface area contributed by atoms with E-state index in [1.807, 2.05) is 0 Å². The lowest BCUT2D eigenvalue weighted by molar-refractivity contribution is -0.430. The van der Waals surface area contributed by atoms with Crippen molar-refractivity contribution in [1.82, 2.24) is 0 Å². The zero-order valence-corrected chi connectivity index (χ0v) is 9.67. The number of rotatable bonds is 4. The predicted molar refractivity (Wildman–Crippen MR) is 53.0 cm³/mol. The minimum atomic E-state index is -5.39. The van der Waals surface area contributed by atoms with Gasteiger partial charge in [0.05, 0.1) is 6.42 Å². The number of nitrogens with one attached hydrogen (secondary N) is 1. The second-order valence-corrected chi connectivity index (χ2v) is 7.25. The summed E-state index contributed by atoms with van der Waals surface area (Å²) in [5.41, 5.74) is 0.0501. The molecular formula is C5H11N2O7P2+. The van der Waals surface area contributed by atoms with Crippen LogP contribution in [0.4, 0.5) is 0 Å². The summed E-state index contributed by atoms with van der Waals surface area (Å²) in [4.78, 5) is 41.4. The molecule has 16 heavy (non-hydrogen) atoms. The van der Waals surface area contributed by atoms with Crippen molar-refractivity contribution in [2.75, 3.05) is 6.54 Å². The molecule has 11 heteroatoms. The second kappa shape index (κ2) is 4.12. The highest BCUT2D eigenvalue weighted by atomic mass is 31.2. The van der Waals surface area contributed by atoms with Crippen molar-refractivity contribution in [1.29, 1.82) is 0 Å². The minimum absolute atomic E-state index is 0.0501. The largest absolute Gasteiger partial charge is 0.369 e. The van der Waals surface area contributed by atoms with Crippen molar-refractivity contribution < 1.29 is 38.8 Å². The number of hydrogen-bond acceptors (Lipinski definition) is 4. The summed E-state index contributed by atoms with van der Waals surface area (Å²) >= 11 is 0. The minimum Gasteiger partial charge on any atom is -0.367 e. The molecule has 0 aromatic heterocycles. The molecule has 0 saturated carbocycles. The number of aliphatic imine (C=N–C) groups is 1. The summed E-state index contributed by atoms with van der Waals surface area (Å²) in [5, 5.41) is 6.08. The van der Waals surface area contributed by atoms with Gasteiger partial charge in [-0.3, -0.25) is 14.1 Å². The van der Waals surface area contributed by atoms with E-state index in [1.165, 1.54) is 6.34 Å². The lowest BCUT2D eigenvalue weighted by Crippen LogP contribution is -2.68. The molecule has 0 aliphatic carbocycles. The van der Waals surface area contributed by atoms with Crippen LogP contribution in [0.2, 0.25) is 0 Å². The van der Waals surface area contributed by atoms with Gasteiger partial charge in [0.15, 0.2) is 5.71 Å². The third-order valence-corrected chi connectivity index (χ3v) is 5.76. The quantitative estimate of drug-likeness (QED) is 0.296. The Hall–Kier alpha value is -0.400. The first-order valence-corrected chi connectivity index (χ1v) is 7.25. The first-order chi connectivity index (χ1) is 7.08. The van der Waals surface area contributed by atoms with E-state index in [0.717, 1.165) is 0 Å². The Bertz CT molecular complexity index is 410. The summed E-state index contributed by atoms with van der Waals surface area (Å²) in [7, 11) is -10.8. The van der Waals surface area contributed by atoms with E-state index in [2.05, 4.69) is 9.98 Å². The Morgan fingerprint density at radius 1 is 1.31 bits per heavy atom. The third kappa shape index (κ3) is 2.46. The average Bonchev–Trinajstić information content (AvgIpc) is 2.52. The van der Waals surface area contributed by atoms with Crippen LogP contribution in [-0.4, -0.2) is 48.4 Å². The van der Waals surface area contributed by atoms with Gasteiger partial charge < -0.3 is 24.7 Å². The van der Waals surface area contributed by atoms with Gasteiger partial charge in [-0.15, -0.1) is 0 Å². The number of hydrogen-bond donors (Lipinski definition) is 6. The van der Waals surface area contributed by atoms with E-state index in [-0.39, 0.29) is 12.3 Å². The first-order valence-electron chi connectivity index (χ1n) is 4.02. The smallest absolute Gasteiger partial charge is 0.367 e. The molecule has 0 fully saturated rings. The lowest BCUT2D eigenvalue weighted by atomic mass is 10.3. The van der Waals surface area contributed by atoms with Gasteiger partial charge in [0.25, 0.3) is 11.4 Å². The van der Waals surface area contributed by atoms with Gasteiger partial charge >= 0.3 is 15.2 Å². The molecule has 6 N–H and O–H groups in total. The summed E-state index contributed by atoms with van der Waals surface area (Å²) in [6.45, 7) is 0.0717. The molecule has 0 saturated heterocycles. The highest BCUT2D eigenvalue weighted by Gasteiger charge is 2.60. The van der Waals surface area contributed by atoms with Gasteiger partial charge in [-0.2, -0.15) is 0 Å². The van der Waals surface area contributed by atoms with E-state index in [1.54, 1.807) is 0 Å². The molecule has 92 valence electrons. The van der Waals surface area contributed by atoms with Crippen molar-refractivity contribution in [3.05, 3.63) is 0 Å². The van der Waals surface area contributed by atoms with Gasteiger partial charge in [0.2, 0.25) is 0 Å². The van der Waals surface area contributed by atoms with E-state index in [9.17, 15) is 14.2 Å². The SMILES string of the molecule is O=P(O)(O)C(O)(CC1=NC=[NH+]C1)P(=O)(O)O. The monoisotopic (exact) mass is 273 g/mol. The molecular weight excluding hydrogens is 262 g/mol. The highest BCUT2D eigenvalue weighted by molar-refractivity contribution is 7.72. The standard InChI is InChI=1S/C5H10N2O7P2/c8-5(15(9,10)11,16(12,13)14)1-4-2-6-3-7-4/h3,8H,1-2H2,(H2,9,10,11)(H2,12,13,14)/p+1. The van der Waals surface area contributed by atoms with Crippen molar-refractivity contribution in [3.63, 3.8) is 0 Å². The molecule has 0 radical (unpaired) electrons. The van der Waals surface area contributed by atoms with Gasteiger partial charge in [0.1, 0.15) is 6.54 Å². The Labute approximate surface area is 89.9 Å². The fraction of sp³-hybridized carbons (Fsp3) is 0.600. The van der Waals surface area contributed by atoms with Crippen LogP contribution in [0.25, 0.3) is 0 Å². The van der Waals surface area contributed by atoms with Crippen molar-refractivity contribution in [2.24, 2.45) is 4.99 Å². The molecule has 1 aliphatic rings. The fourth-order valence-electron chi connectivity index (χ4n) is 1.10. The van der Waals surface area contributed by atoms with Gasteiger partial charge in [0, 0.05) is 0 Å². The average molecular weight is 273 g/mol. The van der Waals surface area contributed by atoms with E-state index in [0.29, 0.717) is 0 Å². The molecule has 1 aliphatic heterocycles. The van der Waals surface area contributed by atoms with Crippen LogP contribution in [0.3, 0.4) is 0 Å². The topological polar surface area (TPSA) is 162 Å². The van der Waals surface area contributed by atoms with Crippen LogP contribution < -0.4 is 4.99 Å². The molecule has 9 nitrogen and oxygen atoms in total. The van der Waals surface area contributed by atoms with Crippen molar-refractivity contribution >= 4 is 27.2 Å². The summed E-state index contributed by atoms with van der Waals surface area (Å²) < 4.78 is 21.9. The summed E-state index contributed by atoms with van der Waals surface area (Å²) in [6.07, 6.45) is 0.306. The highest BCUT2D eigenvalue weighted by Crippen LogP contribution is 2.68. The van der Waals surface area contributed by atoms with Crippen LogP contribution in [0.1, 0.15) is 6.42 Å². The first kappa shape index (κ1) is 13.7. The van der Waals surface area contributed by atoms with Crippen LogP contribution in [0.5, 0.6) is 0 Å². The number of nitrogens with zero attached hydrogens (tertiary/aromatic N) is 1. The molecule has 1 rings (SSSR count). The molecule has 0 amide bonds. The Morgan fingerprint density at radius 2 is 1.81 bits per heavy atom. The van der Waals surface area contributed by atoms with Gasteiger partial charge in [-0.1, -0.05) is 4.99 Å². The Morgan fingerprint density at radius 3 is 2.12 bits per heavy atom. The van der Waals surface area contributed by atoms with E-state index in [4.69, 9.17) is 19.6 Å². The van der Waals surface area contributed by atoms with Crippen molar-refractivity contribution in [2.45, 2.75) is 11.5 Å². The maximum absolute atomic E-state index is 11.0. The van der Waals surface area contributed by atoms with E-state index < -0.39 is 26.7 Å². The summed E-state index contributed by atoms with van der Waals surface area (Å²) in [5.74, 6) is 0. The van der Waals surface area contributed by atoms with Crippen LogP contribution in [-0.2, 0) is 9.13 Å². The zero-order chi connectivity index (χ0) is 12.6. The predicted octanol–water partition coefficient (Wildman–Crippen LogP) is -3.06. The summed E-state index contributed by atoms with van der Waals surface area (Å²) in [6, 6.07) is 0. The van der Waals surface area contributed by atoms with Crippen LogP contribution >= 0.6 is 15.2 Å². The van der Waals surface area contributed by atoms with Crippen LogP contribution in [0, 0.1) is 0 Å². The molecule has 0 atom stereocenters. The molecule has 0 aromatic carbocycles. The second-order valence-electron chi connectivity index (χ2n) is 3.24. The maximum atomic E-state index is 11.0. The molecule has 0 aromatic rings. The maximum Gasteiger partial charge on any atom is 0.369 e. The van der Waals surface area contributed by atoms with Crippen molar-refractivity contribution in [3.8, 4) is 0 Å². The zero-order valence-electron chi connectivity index (χ0n) is 7.89. The normalized spacial score (nSPS) is 17.7.